The molecule has 0 aromatic heterocycles. The van der Waals surface area contributed by atoms with Gasteiger partial charge in [0, 0.05) is 0 Å². The summed E-state index contributed by atoms with van der Waals surface area (Å²) in [6.07, 6.45) is 0. The van der Waals surface area contributed by atoms with Crippen molar-refractivity contribution >= 4 is 39.0 Å². The molecule has 0 aliphatic carbocycles. The van der Waals surface area contributed by atoms with Crippen LogP contribution in [-0.2, 0) is 21.2 Å². The monoisotopic (exact) mass is 394 g/mol. The van der Waals surface area contributed by atoms with E-state index in [2.05, 4.69) is 0 Å². The van der Waals surface area contributed by atoms with Gasteiger partial charge >= 0.3 is 11.7 Å². The first-order valence-electron chi connectivity index (χ1n) is 6.45. The van der Waals surface area contributed by atoms with Gasteiger partial charge in [-0.15, -0.1) is 0 Å². The highest BCUT2D eigenvalue weighted by Gasteiger charge is 2.26. The van der Waals surface area contributed by atoms with Gasteiger partial charge in [0.1, 0.15) is 6.61 Å². The fourth-order valence-corrected chi connectivity index (χ4v) is 2.79. The molecule has 0 saturated carbocycles. The summed E-state index contributed by atoms with van der Waals surface area (Å²) in [6, 6.07) is 8.78. The zero-order valence-corrected chi connectivity index (χ0v) is 14.2. The van der Waals surface area contributed by atoms with Crippen LogP contribution in [0.4, 0.5) is 8.78 Å². The largest absolute Gasteiger partial charge is 0.457 e. The molecule has 0 atom stereocenters. The number of ether oxygens (including phenoxy) is 1. The van der Waals surface area contributed by atoms with E-state index >= 15 is 0 Å². The standard InChI is InChI=1S/C15H10Cl2F2O4S/c16-12-6-1-9(7-13(12)17)8-23-14(20)10-2-4-11(5-3-10)24(21,22)15(18)19/h1-7,15H,8H2. The van der Waals surface area contributed by atoms with Crippen molar-refractivity contribution < 1.29 is 26.7 Å². The Hall–Kier alpha value is -1.70. The summed E-state index contributed by atoms with van der Waals surface area (Å²) >= 11 is 11.6. The van der Waals surface area contributed by atoms with Crippen molar-refractivity contribution in [2.75, 3.05) is 0 Å². The first-order chi connectivity index (χ1) is 11.2. The first-order valence-corrected chi connectivity index (χ1v) is 8.75. The van der Waals surface area contributed by atoms with Gasteiger partial charge in [0.05, 0.1) is 20.5 Å². The highest BCUT2D eigenvalue weighted by molar-refractivity contribution is 7.91. The summed E-state index contributed by atoms with van der Waals surface area (Å²) in [5.74, 6) is -4.26. The van der Waals surface area contributed by atoms with Crippen LogP contribution in [0, 0.1) is 0 Å². The minimum atomic E-state index is -4.70. The number of halogens is 4. The van der Waals surface area contributed by atoms with E-state index < -0.39 is 26.5 Å². The molecule has 0 aliphatic heterocycles. The van der Waals surface area contributed by atoms with E-state index in [9.17, 15) is 22.0 Å². The third-order valence-electron chi connectivity index (χ3n) is 3.01. The molecule has 0 bridgehead atoms. The predicted octanol–water partition coefficient (Wildman–Crippen LogP) is 4.35. The maximum atomic E-state index is 12.4. The van der Waals surface area contributed by atoms with E-state index in [1.807, 2.05) is 0 Å². The van der Waals surface area contributed by atoms with E-state index in [-0.39, 0.29) is 12.2 Å². The van der Waals surface area contributed by atoms with Crippen LogP contribution in [0.25, 0.3) is 0 Å². The summed E-state index contributed by atoms with van der Waals surface area (Å²) in [7, 11) is -4.70. The average molecular weight is 395 g/mol. The summed E-state index contributed by atoms with van der Waals surface area (Å²) in [5.41, 5.74) is 0.637. The van der Waals surface area contributed by atoms with Gasteiger partial charge in [0.2, 0.25) is 9.84 Å². The Morgan fingerprint density at radius 3 is 2.21 bits per heavy atom. The molecule has 4 nitrogen and oxygen atoms in total. The fraction of sp³-hybridized carbons (Fsp3) is 0.133. The maximum Gasteiger partial charge on any atom is 0.341 e. The van der Waals surface area contributed by atoms with Crippen molar-refractivity contribution in [3.05, 3.63) is 63.6 Å². The number of carbonyl (C=O) groups excluding carboxylic acids is 1. The lowest BCUT2D eigenvalue weighted by atomic mass is 10.2. The zero-order valence-electron chi connectivity index (χ0n) is 11.9. The summed E-state index contributed by atoms with van der Waals surface area (Å²) in [4.78, 5) is 11.3. The molecule has 9 heteroatoms. The van der Waals surface area contributed by atoms with Gasteiger partial charge in [0.15, 0.2) is 0 Å². The fourth-order valence-electron chi connectivity index (χ4n) is 1.75. The number of alkyl halides is 2. The van der Waals surface area contributed by atoms with Gasteiger partial charge in [-0.3, -0.25) is 0 Å². The highest BCUT2D eigenvalue weighted by Crippen LogP contribution is 2.23. The van der Waals surface area contributed by atoms with E-state index in [0.717, 1.165) is 24.3 Å². The summed E-state index contributed by atoms with van der Waals surface area (Å²) in [5, 5.41) is 0.675. The van der Waals surface area contributed by atoms with Crippen LogP contribution in [0.5, 0.6) is 0 Å². The molecule has 0 saturated heterocycles. The Morgan fingerprint density at radius 1 is 1.04 bits per heavy atom. The van der Waals surface area contributed by atoms with Gasteiger partial charge in [-0.05, 0) is 42.0 Å². The molecule has 0 heterocycles. The van der Waals surface area contributed by atoms with Crippen LogP contribution >= 0.6 is 23.2 Å². The molecule has 0 spiro atoms. The third-order valence-corrected chi connectivity index (χ3v) is 5.14. The summed E-state index contributed by atoms with van der Waals surface area (Å²) in [6.45, 7) is -0.0766. The van der Waals surface area contributed by atoms with Crippen molar-refractivity contribution in [2.45, 2.75) is 17.3 Å². The second kappa shape index (κ2) is 7.46. The molecule has 0 unspecified atom stereocenters. The van der Waals surface area contributed by atoms with Crippen molar-refractivity contribution in [2.24, 2.45) is 0 Å². The van der Waals surface area contributed by atoms with Crippen molar-refractivity contribution in [1.29, 1.82) is 0 Å². The Labute approximate surface area is 146 Å². The lowest BCUT2D eigenvalue weighted by Gasteiger charge is -2.07. The van der Waals surface area contributed by atoms with E-state index in [1.165, 1.54) is 6.07 Å². The Balaban J connectivity index is 2.06. The maximum absolute atomic E-state index is 12.4. The quantitative estimate of drug-likeness (QED) is 0.707. The lowest BCUT2D eigenvalue weighted by molar-refractivity contribution is 0.0472. The predicted molar refractivity (Wildman–Crippen MR) is 85.2 cm³/mol. The second-order valence-electron chi connectivity index (χ2n) is 4.65. The molecule has 2 aromatic rings. The Kier molecular flexibility index (Phi) is 5.79. The molecule has 128 valence electrons. The number of rotatable bonds is 5. The molecule has 0 amide bonds. The van der Waals surface area contributed by atoms with Crippen molar-refractivity contribution in [3.8, 4) is 0 Å². The summed E-state index contributed by atoms with van der Waals surface area (Å²) < 4.78 is 52.5. The lowest BCUT2D eigenvalue weighted by Crippen LogP contribution is -2.12. The van der Waals surface area contributed by atoms with E-state index in [4.69, 9.17) is 27.9 Å². The van der Waals surface area contributed by atoms with Crippen LogP contribution in [0.15, 0.2) is 47.4 Å². The van der Waals surface area contributed by atoms with Gasteiger partial charge < -0.3 is 4.74 Å². The van der Waals surface area contributed by atoms with Crippen LogP contribution in [0.2, 0.25) is 10.0 Å². The molecule has 24 heavy (non-hydrogen) atoms. The Bertz CT molecular complexity index is 852. The van der Waals surface area contributed by atoms with Gasteiger partial charge in [-0.2, -0.15) is 8.78 Å². The van der Waals surface area contributed by atoms with Gasteiger partial charge in [0.25, 0.3) is 0 Å². The number of carbonyl (C=O) groups is 1. The molecule has 0 fully saturated rings. The Morgan fingerprint density at radius 2 is 1.67 bits per heavy atom. The number of hydrogen-bond donors (Lipinski definition) is 0. The molecule has 0 radical (unpaired) electrons. The first kappa shape index (κ1) is 18.6. The van der Waals surface area contributed by atoms with Crippen LogP contribution in [-0.4, -0.2) is 20.1 Å². The van der Waals surface area contributed by atoms with Gasteiger partial charge in [-0.1, -0.05) is 29.3 Å². The number of esters is 1. The van der Waals surface area contributed by atoms with Crippen molar-refractivity contribution in [3.63, 3.8) is 0 Å². The SMILES string of the molecule is O=C(OCc1ccc(Cl)c(Cl)c1)c1ccc(S(=O)(=O)C(F)F)cc1. The molecular formula is C15H10Cl2F2O4S. The normalized spacial score (nSPS) is 11.5. The molecule has 0 aliphatic rings. The minimum absolute atomic E-state index is 0.0308. The minimum Gasteiger partial charge on any atom is -0.457 e. The average Bonchev–Trinajstić information content (AvgIpc) is 2.55. The number of sulfone groups is 1. The number of benzene rings is 2. The molecule has 2 aromatic carbocycles. The smallest absolute Gasteiger partial charge is 0.341 e. The van der Waals surface area contributed by atoms with Gasteiger partial charge in [-0.25, -0.2) is 13.2 Å². The van der Waals surface area contributed by atoms with E-state index in [0.29, 0.717) is 15.6 Å². The van der Waals surface area contributed by atoms with E-state index in [1.54, 1.807) is 12.1 Å². The topological polar surface area (TPSA) is 60.4 Å². The van der Waals surface area contributed by atoms with Crippen LogP contribution < -0.4 is 0 Å². The number of hydrogen-bond acceptors (Lipinski definition) is 4. The third kappa shape index (κ3) is 4.23. The highest BCUT2D eigenvalue weighted by atomic mass is 35.5. The molecular weight excluding hydrogens is 385 g/mol. The molecule has 0 N–H and O–H groups in total. The van der Waals surface area contributed by atoms with Crippen molar-refractivity contribution in [1.82, 2.24) is 0 Å². The zero-order chi connectivity index (χ0) is 17.9. The van der Waals surface area contributed by atoms with Crippen LogP contribution in [0.1, 0.15) is 15.9 Å². The second-order valence-corrected chi connectivity index (χ2v) is 7.39. The molecule has 2 rings (SSSR count). The van der Waals surface area contributed by atoms with Crippen LogP contribution in [0.3, 0.4) is 0 Å².